The molecule has 5 heteroatoms. The van der Waals surface area contributed by atoms with Gasteiger partial charge in [-0.3, -0.25) is 9.69 Å². The second-order valence-corrected chi connectivity index (χ2v) is 8.92. The summed E-state index contributed by atoms with van der Waals surface area (Å²) in [6.07, 6.45) is 2.52. The van der Waals surface area contributed by atoms with Crippen LogP contribution in [0.2, 0.25) is 0 Å². The van der Waals surface area contributed by atoms with Crippen molar-refractivity contribution < 1.29 is 9.90 Å². The van der Waals surface area contributed by atoms with Crippen LogP contribution in [-0.4, -0.2) is 41.6 Å². The Kier molecular flexibility index (Phi) is 7.76. The Labute approximate surface area is 196 Å². The Morgan fingerprint density at radius 2 is 1.55 bits per heavy atom. The molecule has 5 nitrogen and oxygen atoms in total. The highest BCUT2D eigenvalue weighted by Crippen LogP contribution is 2.28. The monoisotopic (exact) mass is 443 g/mol. The van der Waals surface area contributed by atoms with Gasteiger partial charge in [-0.15, -0.1) is 0 Å². The number of aliphatic hydroxyl groups excluding tert-OH is 1. The molecule has 4 N–H and O–H groups in total. The van der Waals surface area contributed by atoms with Crippen molar-refractivity contribution in [1.29, 1.82) is 0 Å². The molecule has 172 valence electrons. The molecule has 1 amide bonds. The Morgan fingerprint density at radius 3 is 2.18 bits per heavy atom. The smallest absolute Gasteiger partial charge is 0.251 e. The first-order valence-corrected chi connectivity index (χ1v) is 11.7. The minimum absolute atomic E-state index is 0.121. The molecule has 1 fully saturated rings. The van der Waals surface area contributed by atoms with Crippen molar-refractivity contribution in [1.82, 2.24) is 10.2 Å². The molecule has 0 aromatic heterocycles. The van der Waals surface area contributed by atoms with Gasteiger partial charge in [0.05, 0.1) is 12.1 Å². The predicted molar refractivity (Wildman–Crippen MR) is 133 cm³/mol. The van der Waals surface area contributed by atoms with Crippen LogP contribution in [0.1, 0.15) is 40.4 Å². The van der Waals surface area contributed by atoms with Crippen molar-refractivity contribution in [2.75, 3.05) is 25.4 Å². The lowest BCUT2D eigenvalue weighted by atomic mass is 9.88. The van der Waals surface area contributed by atoms with E-state index in [1.54, 1.807) is 12.1 Å². The number of benzene rings is 3. The first-order chi connectivity index (χ1) is 16.1. The number of hydrogen-bond acceptors (Lipinski definition) is 4. The number of nitrogen functional groups attached to an aromatic ring is 1. The molecule has 2 atom stereocenters. The average molecular weight is 444 g/mol. The highest BCUT2D eigenvalue weighted by atomic mass is 16.3. The summed E-state index contributed by atoms with van der Waals surface area (Å²) in [5, 5.41) is 14.3. The van der Waals surface area contributed by atoms with E-state index in [-0.39, 0.29) is 11.9 Å². The van der Waals surface area contributed by atoms with Crippen molar-refractivity contribution >= 4 is 11.6 Å². The minimum atomic E-state index is -0.715. The number of rotatable bonds is 8. The average Bonchev–Trinajstić information content (AvgIpc) is 2.86. The zero-order chi connectivity index (χ0) is 23.0. The van der Waals surface area contributed by atoms with Gasteiger partial charge in [-0.2, -0.15) is 0 Å². The number of nitrogens with zero attached hydrogens (tertiary/aromatic N) is 1. The lowest BCUT2D eigenvalue weighted by Crippen LogP contribution is -2.50. The largest absolute Gasteiger partial charge is 0.399 e. The van der Waals surface area contributed by atoms with Gasteiger partial charge in [-0.1, -0.05) is 60.7 Å². The number of likely N-dealkylation sites (tertiary alicyclic amines) is 1. The molecule has 0 aliphatic carbocycles. The van der Waals surface area contributed by atoms with Gasteiger partial charge < -0.3 is 16.2 Å². The van der Waals surface area contributed by atoms with E-state index in [1.165, 1.54) is 5.56 Å². The Morgan fingerprint density at radius 1 is 0.939 bits per heavy atom. The summed E-state index contributed by atoms with van der Waals surface area (Å²) in [4.78, 5) is 15.0. The molecule has 0 saturated carbocycles. The number of aliphatic hydroxyl groups is 1. The molecular weight excluding hydrogens is 410 g/mol. The van der Waals surface area contributed by atoms with E-state index in [2.05, 4.69) is 40.5 Å². The SMILES string of the molecule is Nc1ccc(C(O)C(CNC(=O)c2ccccc2)N2CCC(Cc3ccccc3)CC2)cc1. The fourth-order valence-corrected chi connectivity index (χ4v) is 4.68. The normalized spacial score (nSPS) is 16.8. The Bertz CT molecular complexity index is 1000. The maximum atomic E-state index is 12.7. The number of carbonyl (C=O) groups excluding carboxylic acids is 1. The summed E-state index contributed by atoms with van der Waals surface area (Å²) in [6.45, 7) is 2.17. The van der Waals surface area contributed by atoms with Crippen LogP contribution < -0.4 is 11.1 Å². The van der Waals surface area contributed by atoms with Crippen LogP contribution in [0.25, 0.3) is 0 Å². The van der Waals surface area contributed by atoms with E-state index < -0.39 is 6.10 Å². The van der Waals surface area contributed by atoms with Crippen LogP contribution in [0.3, 0.4) is 0 Å². The first kappa shape index (κ1) is 23.0. The summed E-state index contributed by atoms with van der Waals surface area (Å²) < 4.78 is 0. The summed E-state index contributed by atoms with van der Waals surface area (Å²) in [7, 11) is 0. The van der Waals surface area contributed by atoms with Crippen LogP contribution in [0.5, 0.6) is 0 Å². The fourth-order valence-electron chi connectivity index (χ4n) is 4.68. The summed E-state index contributed by atoms with van der Waals surface area (Å²) in [5.41, 5.74) is 9.32. The quantitative estimate of drug-likeness (QED) is 0.459. The van der Waals surface area contributed by atoms with Crippen molar-refractivity contribution in [3.63, 3.8) is 0 Å². The van der Waals surface area contributed by atoms with Crippen LogP contribution in [0.4, 0.5) is 5.69 Å². The summed E-state index contributed by atoms with van der Waals surface area (Å²) in [6, 6.07) is 27.0. The molecule has 4 rings (SSSR count). The van der Waals surface area contributed by atoms with Crippen molar-refractivity contribution in [2.24, 2.45) is 5.92 Å². The van der Waals surface area contributed by atoms with Crippen molar-refractivity contribution in [3.8, 4) is 0 Å². The van der Waals surface area contributed by atoms with Gasteiger partial charge in [-0.25, -0.2) is 0 Å². The van der Waals surface area contributed by atoms with Crippen molar-refractivity contribution in [3.05, 3.63) is 102 Å². The van der Waals surface area contributed by atoms with Crippen LogP contribution >= 0.6 is 0 Å². The van der Waals surface area contributed by atoms with Gasteiger partial charge in [-0.05, 0) is 73.7 Å². The number of nitrogens with two attached hydrogens (primary N) is 1. The van der Waals surface area contributed by atoms with Crippen LogP contribution in [-0.2, 0) is 6.42 Å². The number of carbonyl (C=O) groups is 1. The molecule has 33 heavy (non-hydrogen) atoms. The first-order valence-electron chi connectivity index (χ1n) is 11.7. The maximum Gasteiger partial charge on any atom is 0.251 e. The number of nitrogens with one attached hydrogen (secondary N) is 1. The lowest BCUT2D eigenvalue weighted by Gasteiger charge is -2.40. The molecule has 1 aliphatic rings. The Hall–Kier alpha value is -3.15. The lowest BCUT2D eigenvalue weighted by molar-refractivity contribution is 0.0278. The molecule has 3 aromatic carbocycles. The number of piperidine rings is 1. The van der Waals surface area contributed by atoms with Gasteiger partial charge in [0.1, 0.15) is 0 Å². The minimum Gasteiger partial charge on any atom is -0.399 e. The third-order valence-electron chi connectivity index (χ3n) is 6.64. The van der Waals surface area contributed by atoms with Gasteiger partial charge >= 0.3 is 0 Å². The predicted octanol–water partition coefficient (Wildman–Crippen LogP) is 4.06. The fraction of sp³-hybridized carbons (Fsp3) is 0.321. The van der Waals surface area contributed by atoms with Crippen LogP contribution in [0, 0.1) is 5.92 Å². The van der Waals surface area contributed by atoms with E-state index in [1.807, 2.05) is 42.5 Å². The zero-order valence-corrected chi connectivity index (χ0v) is 18.9. The molecule has 0 radical (unpaired) electrons. The summed E-state index contributed by atoms with van der Waals surface area (Å²) >= 11 is 0. The van der Waals surface area contributed by atoms with E-state index in [4.69, 9.17) is 5.73 Å². The molecule has 2 unspecified atom stereocenters. The second kappa shape index (κ2) is 11.1. The van der Waals surface area contributed by atoms with E-state index in [9.17, 15) is 9.90 Å². The topological polar surface area (TPSA) is 78.6 Å². The van der Waals surface area contributed by atoms with Crippen molar-refractivity contribution in [2.45, 2.75) is 31.4 Å². The number of hydrogen-bond donors (Lipinski definition) is 3. The molecular formula is C28H33N3O2. The molecule has 1 heterocycles. The molecule has 0 bridgehead atoms. The highest BCUT2D eigenvalue weighted by Gasteiger charge is 2.31. The van der Waals surface area contributed by atoms with E-state index in [0.29, 0.717) is 23.7 Å². The Balaban J connectivity index is 1.43. The van der Waals surface area contributed by atoms with Gasteiger partial charge in [0.2, 0.25) is 0 Å². The summed E-state index contributed by atoms with van der Waals surface area (Å²) in [5.74, 6) is 0.515. The third-order valence-corrected chi connectivity index (χ3v) is 6.64. The molecule has 1 saturated heterocycles. The van der Waals surface area contributed by atoms with Gasteiger partial charge in [0.15, 0.2) is 0 Å². The maximum absolute atomic E-state index is 12.7. The molecule has 0 spiro atoms. The van der Waals surface area contributed by atoms with Gasteiger partial charge in [0, 0.05) is 17.8 Å². The third kappa shape index (κ3) is 6.21. The zero-order valence-electron chi connectivity index (χ0n) is 18.9. The highest BCUT2D eigenvalue weighted by molar-refractivity contribution is 5.94. The van der Waals surface area contributed by atoms with Gasteiger partial charge in [0.25, 0.3) is 5.91 Å². The second-order valence-electron chi connectivity index (χ2n) is 8.92. The number of anilines is 1. The van der Waals surface area contributed by atoms with E-state index in [0.717, 1.165) is 37.9 Å². The van der Waals surface area contributed by atoms with E-state index >= 15 is 0 Å². The molecule has 3 aromatic rings. The van der Waals surface area contributed by atoms with Crippen LogP contribution in [0.15, 0.2) is 84.9 Å². The molecule has 1 aliphatic heterocycles. The number of amides is 1. The standard InChI is InChI=1S/C28H33N3O2/c29-25-13-11-23(12-14-25)27(32)26(20-30-28(33)24-9-5-2-6-10-24)31-17-15-22(16-18-31)19-21-7-3-1-4-8-21/h1-14,22,26-27,32H,15-20,29H2,(H,30,33).